The molecule has 0 bridgehead atoms. The van der Waals surface area contributed by atoms with E-state index in [9.17, 15) is 5.11 Å². The Hall–Kier alpha value is -0.570. The summed E-state index contributed by atoms with van der Waals surface area (Å²) in [6.45, 7) is 4.61. The van der Waals surface area contributed by atoms with E-state index in [2.05, 4.69) is 4.90 Å². The first-order chi connectivity index (χ1) is 7.00. The van der Waals surface area contributed by atoms with Crippen LogP contribution in [0, 0.1) is 0 Å². The summed E-state index contributed by atoms with van der Waals surface area (Å²) in [4.78, 5) is 2.11. The summed E-state index contributed by atoms with van der Waals surface area (Å²) < 4.78 is 0. The van der Waals surface area contributed by atoms with Gasteiger partial charge in [0, 0.05) is 17.6 Å². The third-order valence-electron chi connectivity index (χ3n) is 2.71. The largest absolute Gasteiger partial charge is 0.392 e. The molecular weight excluding hydrogens is 210 g/mol. The van der Waals surface area contributed by atoms with Crippen LogP contribution in [0.3, 0.4) is 0 Å². The van der Waals surface area contributed by atoms with E-state index in [0.29, 0.717) is 0 Å². The summed E-state index contributed by atoms with van der Waals surface area (Å²) in [5.74, 6) is 0. The molecule has 2 unspecified atom stereocenters. The Balaban J connectivity index is 2.62. The molecule has 0 fully saturated rings. The lowest BCUT2D eigenvalue weighted by Crippen LogP contribution is -2.36. The van der Waals surface area contributed by atoms with Crippen LogP contribution in [0.1, 0.15) is 19.4 Å². The molecule has 0 radical (unpaired) electrons. The van der Waals surface area contributed by atoms with Crippen LogP contribution in [0.5, 0.6) is 0 Å². The van der Waals surface area contributed by atoms with Crippen molar-refractivity contribution in [3.8, 4) is 0 Å². The summed E-state index contributed by atoms with van der Waals surface area (Å²) in [6.07, 6.45) is -0.325. The highest BCUT2D eigenvalue weighted by atomic mass is 35.5. The molecular formula is C12H18ClNO. The van der Waals surface area contributed by atoms with Gasteiger partial charge in [0.1, 0.15) is 0 Å². The number of rotatable bonds is 4. The molecule has 0 aliphatic rings. The van der Waals surface area contributed by atoms with Gasteiger partial charge in [-0.15, -0.1) is 0 Å². The molecule has 0 spiro atoms. The minimum Gasteiger partial charge on any atom is -0.392 e. The lowest BCUT2D eigenvalue weighted by atomic mass is 10.1. The van der Waals surface area contributed by atoms with Crippen LogP contribution in [-0.2, 0) is 6.54 Å². The molecule has 1 aromatic rings. The SMILES string of the molecule is CC(O)C(C)N(C)Cc1cccc(Cl)c1. The predicted molar refractivity (Wildman–Crippen MR) is 64.1 cm³/mol. The summed E-state index contributed by atoms with van der Waals surface area (Å²) in [7, 11) is 2.00. The van der Waals surface area contributed by atoms with Crippen LogP contribution in [0.25, 0.3) is 0 Å². The van der Waals surface area contributed by atoms with Crippen molar-refractivity contribution in [1.82, 2.24) is 4.90 Å². The quantitative estimate of drug-likeness (QED) is 0.855. The van der Waals surface area contributed by atoms with Gasteiger partial charge >= 0.3 is 0 Å². The number of aliphatic hydroxyl groups is 1. The van der Waals surface area contributed by atoms with Crippen molar-refractivity contribution in [2.24, 2.45) is 0 Å². The third kappa shape index (κ3) is 3.82. The topological polar surface area (TPSA) is 23.5 Å². The van der Waals surface area contributed by atoms with Crippen LogP contribution in [0.2, 0.25) is 5.02 Å². The number of nitrogens with zero attached hydrogens (tertiary/aromatic N) is 1. The first-order valence-corrected chi connectivity index (χ1v) is 5.51. The highest BCUT2D eigenvalue weighted by molar-refractivity contribution is 6.30. The molecule has 0 saturated carbocycles. The standard InChI is InChI=1S/C12H18ClNO/c1-9(10(2)15)14(3)8-11-5-4-6-12(13)7-11/h4-7,9-10,15H,8H2,1-3H3. The summed E-state index contributed by atoms with van der Waals surface area (Å²) >= 11 is 5.90. The van der Waals surface area contributed by atoms with Gasteiger partial charge in [-0.2, -0.15) is 0 Å². The van der Waals surface area contributed by atoms with Crippen molar-refractivity contribution in [3.05, 3.63) is 34.9 Å². The van der Waals surface area contributed by atoms with E-state index in [1.807, 2.05) is 38.2 Å². The molecule has 2 atom stereocenters. The zero-order valence-electron chi connectivity index (χ0n) is 9.44. The molecule has 2 nitrogen and oxygen atoms in total. The Kier molecular flexibility index (Phi) is 4.58. The van der Waals surface area contributed by atoms with Gasteiger partial charge in [-0.1, -0.05) is 23.7 Å². The second-order valence-electron chi connectivity index (χ2n) is 4.03. The summed E-state index contributed by atoms with van der Waals surface area (Å²) in [5, 5.41) is 10.2. The fraction of sp³-hybridized carbons (Fsp3) is 0.500. The first kappa shape index (κ1) is 12.5. The second kappa shape index (κ2) is 5.50. The molecule has 1 aromatic carbocycles. The maximum absolute atomic E-state index is 9.46. The van der Waals surface area contributed by atoms with E-state index < -0.39 is 0 Å². The molecule has 0 aliphatic carbocycles. The van der Waals surface area contributed by atoms with E-state index in [1.54, 1.807) is 6.92 Å². The minimum absolute atomic E-state index is 0.143. The molecule has 15 heavy (non-hydrogen) atoms. The van der Waals surface area contributed by atoms with E-state index in [-0.39, 0.29) is 12.1 Å². The van der Waals surface area contributed by atoms with Gasteiger partial charge in [0.15, 0.2) is 0 Å². The van der Waals surface area contributed by atoms with Gasteiger partial charge in [-0.3, -0.25) is 4.90 Å². The first-order valence-electron chi connectivity index (χ1n) is 5.13. The van der Waals surface area contributed by atoms with Crippen molar-refractivity contribution < 1.29 is 5.11 Å². The summed E-state index contributed by atoms with van der Waals surface area (Å²) in [6, 6.07) is 7.94. The van der Waals surface area contributed by atoms with Gasteiger partial charge in [-0.05, 0) is 38.6 Å². The number of aliphatic hydroxyl groups excluding tert-OH is 1. The second-order valence-corrected chi connectivity index (χ2v) is 4.46. The predicted octanol–water partition coefficient (Wildman–Crippen LogP) is 2.54. The zero-order valence-corrected chi connectivity index (χ0v) is 10.2. The number of halogens is 1. The number of likely N-dealkylation sites (N-methyl/N-ethyl adjacent to an activating group) is 1. The molecule has 3 heteroatoms. The number of hydrogen-bond acceptors (Lipinski definition) is 2. The fourth-order valence-electron chi connectivity index (χ4n) is 1.44. The molecule has 0 aliphatic heterocycles. The van der Waals surface area contributed by atoms with Crippen LogP contribution in [-0.4, -0.2) is 29.2 Å². The van der Waals surface area contributed by atoms with Crippen LogP contribution in [0.15, 0.2) is 24.3 Å². The van der Waals surface area contributed by atoms with E-state index >= 15 is 0 Å². The third-order valence-corrected chi connectivity index (χ3v) is 2.95. The molecule has 1 rings (SSSR count). The lowest BCUT2D eigenvalue weighted by molar-refractivity contribution is 0.0828. The highest BCUT2D eigenvalue weighted by Crippen LogP contribution is 2.13. The maximum Gasteiger partial charge on any atom is 0.0664 e. The van der Waals surface area contributed by atoms with Gasteiger partial charge in [0.05, 0.1) is 6.10 Å². The van der Waals surface area contributed by atoms with Crippen LogP contribution in [0.4, 0.5) is 0 Å². The van der Waals surface area contributed by atoms with Crippen molar-refractivity contribution in [3.63, 3.8) is 0 Å². The van der Waals surface area contributed by atoms with E-state index in [1.165, 1.54) is 0 Å². The normalized spacial score (nSPS) is 15.3. The maximum atomic E-state index is 9.46. The summed E-state index contributed by atoms with van der Waals surface area (Å²) in [5.41, 5.74) is 1.16. The minimum atomic E-state index is -0.325. The smallest absolute Gasteiger partial charge is 0.0664 e. The van der Waals surface area contributed by atoms with Crippen LogP contribution < -0.4 is 0 Å². The van der Waals surface area contributed by atoms with E-state index in [0.717, 1.165) is 17.1 Å². The molecule has 0 saturated heterocycles. The molecule has 1 N–H and O–H groups in total. The van der Waals surface area contributed by atoms with Gasteiger partial charge in [0.25, 0.3) is 0 Å². The molecule has 84 valence electrons. The Bertz CT molecular complexity index is 314. The number of benzene rings is 1. The van der Waals surface area contributed by atoms with Crippen molar-refractivity contribution in [2.45, 2.75) is 32.5 Å². The van der Waals surface area contributed by atoms with Crippen LogP contribution >= 0.6 is 11.6 Å². The Morgan fingerprint density at radius 1 is 1.40 bits per heavy atom. The fourth-order valence-corrected chi connectivity index (χ4v) is 1.65. The molecule has 0 aromatic heterocycles. The van der Waals surface area contributed by atoms with Crippen molar-refractivity contribution in [2.75, 3.05) is 7.05 Å². The Morgan fingerprint density at radius 2 is 2.07 bits per heavy atom. The van der Waals surface area contributed by atoms with E-state index in [4.69, 9.17) is 11.6 Å². The zero-order chi connectivity index (χ0) is 11.4. The van der Waals surface area contributed by atoms with Gasteiger partial charge in [0.2, 0.25) is 0 Å². The number of hydrogen-bond donors (Lipinski definition) is 1. The van der Waals surface area contributed by atoms with Gasteiger partial charge in [-0.25, -0.2) is 0 Å². The highest BCUT2D eigenvalue weighted by Gasteiger charge is 2.14. The Labute approximate surface area is 96.5 Å². The monoisotopic (exact) mass is 227 g/mol. The average molecular weight is 228 g/mol. The average Bonchev–Trinajstić information content (AvgIpc) is 2.16. The van der Waals surface area contributed by atoms with Crippen molar-refractivity contribution >= 4 is 11.6 Å². The molecule has 0 amide bonds. The van der Waals surface area contributed by atoms with Gasteiger partial charge < -0.3 is 5.11 Å². The lowest BCUT2D eigenvalue weighted by Gasteiger charge is -2.26. The molecule has 0 heterocycles. The Morgan fingerprint density at radius 3 is 2.60 bits per heavy atom. The van der Waals surface area contributed by atoms with Crippen molar-refractivity contribution in [1.29, 1.82) is 0 Å².